The third-order valence-corrected chi connectivity index (χ3v) is 10.1. The normalized spacial score (nSPS) is 20.5. The van der Waals surface area contributed by atoms with Crippen LogP contribution in [0, 0.1) is 0 Å². The maximum absolute atomic E-state index is 12.9. The zero-order valence-corrected chi connectivity index (χ0v) is 25.3. The van der Waals surface area contributed by atoms with Gasteiger partial charge >= 0.3 is 10.2 Å². The van der Waals surface area contributed by atoms with Crippen LogP contribution in [0.5, 0.6) is 5.75 Å². The Bertz CT molecular complexity index is 1690. The maximum Gasteiger partial charge on any atom is 0.330 e. The molecule has 6 rings (SSSR count). The third-order valence-electron chi connectivity index (χ3n) is 7.70. The fourth-order valence-corrected chi connectivity index (χ4v) is 7.38. The van der Waals surface area contributed by atoms with Gasteiger partial charge in [-0.25, -0.2) is 14.0 Å². The first-order valence-corrected chi connectivity index (χ1v) is 16.4. The molecule has 0 unspecified atom stereocenters. The summed E-state index contributed by atoms with van der Waals surface area (Å²) in [5, 5.41) is 10.0. The number of aliphatic imine (C=N–C) groups is 1. The van der Waals surface area contributed by atoms with Crippen LogP contribution in [0.25, 0.3) is 6.08 Å². The number of nitrogens with one attached hydrogen (secondary N) is 1. The van der Waals surface area contributed by atoms with E-state index in [-0.39, 0.29) is 5.91 Å². The molecule has 1 saturated heterocycles. The van der Waals surface area contributed by atoms with Gasteiger partial charge in [-0.1, -0.05) is 55.7 Å². The molecule has 0 aromatic heterocycles. The van der Waals surface area contributed by atoms with Crippen molar-refractivity contribution in [3.05, 3.63) is 106 Å². The highest BCUT2D eigenvalue weighted by molar-refractivity contribution is 8.18. The lowest BCUT2D eigenvalue weighted by atomic mass is 9.84. The van der Waals surface area contributed by atoms with Gasteiger partial charge < -0.3 is 9.84 Å². The maximum atomic E-state index is 12.9. The molecule has 2 heterocycles. The van der Waals surface area contributed by atoms with E-state index in [2.05, 4.69) is 29.3 Å². The summed E-state index contributed by atoms with van der Waals surface area (Å²) in [7, 11) is -2.20. The number of nitrogens with zero attached hydrogens (tertiary/aromatic N) is 3. The standard InChI is InChI=1S/C32H32N4O5S2/c1-35-31(38)29(42-32(35)33-26-13-15-27(16-14-26)36-20-30(37)34-43(36,39)40)19-22-9-17-28(18-10-22)41-21-23-7-11-25(12-8-23)24-5-3-2-4-6-24/h7-20,24,34,37H,2-6,21H2,1H3. The molecule has 2 fully saturated rings. The van der Waals surface area contributed by atoms with Crippen LogP contribution in [0.15, 0.2) is 94.8 Å². The molecular weight excluding hydrogens is 585 g/mol. The Morgan fingerprint density at radius 2 is 1.70 bits per heavy atom. The van der Waals surface area contributed by atoms with E-state index in [0.717, 1.165) is 27.4 Å². The first-order valence-electron chi connectivity index (χ1n) is 14.2. The molecule has 0 radical (unpaired) electrons. The van der Waals surface area contributed by atoms with E-state index in [1.54, 1.807) is 31.3 Å². The number of aliphatic hydroxyl groups is 1. The Morgan fingerprint density at radius 1 is 1.00 bits per heavy atom. The predicted molar refractivity (Wildman–Crippen MR) is 170 cm³/mol. The fraction of sp³-hybridized carbons (Fsp3) is 0.250. The molecule has 43 heavy (non-hydrogen) atoms. The molecule has 9 nitrogen and oxygen atoms in total. The van der Waals surface area contributed by atoms with E-state index in [4.69, 9.17) is 4.74 Å². The summed E-state index contributed by atoms with van der Waals surface area (Å²) < 4.78 is 33.1. The van der Waals surface area contributed by atoms with E-state index in [0.29, 0.717) is 34.0 Å². The molecule has 0 spiro atoms. The van der Waals surface area contributed by atoms with E-state index in [1.807, 2.05) is 35.1 Å². The van der Waals surface area contributed by atoms with Crippen LogP contribution in [0.4, 0.5) is 11.4 Å². The molecule has 1 amide bonds. The minimum Gasteiger partial charge on any atom is -0.493 e. The lowest BCUT2D eigenvalue weighted by molar-refractivity contribution is -0.121. The third kappa shape index (κ3) is 6.57. The molecule has 2 N–H and O–H groups in total. The lowest BCUT2D eigenvalue weighted by Gasteiger charge is -2.22. The monoisotopic (exact) mass is 616 g/mol. The number of anilines is 1. The first-order chi connectivity index (χ1) is 20.7. The Hall–Kier alpha value is -4.22. The zero-order valence-electron chi connectivity index (χ0n) is 23.6. The van der Waals surface area contributed by atoms with Crippen molar-refractivity contribution < 1.29 is 23.1 Å². The SMILES string of the molecule is CN1C(=O)C(=Cc2ccc(OCc3ccc(C4CCCCC4)cc3)cc2)SC1=Nc1ccc(N2C=C(O)NS2(=O)=O)cc1. The zero-order chi connectivity index (χ0) is 30.0. The molecule has 222 valence electrons. The molecule has 3 aromatic carbocycles. The smallest absolute Gasteiger partial charge is 0.330 e. The number of rotatable bonds is 7. The van der Waals surface area contributed by atoms with Crippen LogP contribution in [-0.4, -0.2) is 36.5 Å². The number of aliphatic hydroxyl groups excluding tert-OH is 1. The van der Waals surface area contributed by atoms with E-state index in [9.17, 15) is 18.3 Å². The van der Waals surface area contributed by atoms with Gasteiger partial charge in [-0.15, -0.1) is 0 Å². The number of carbonyl (C=O) groups excluding carboxylic acids is 1. The molecule has 11 heteroatoms. The number of amidine groups is 1. The van der Waals surface area contributed by atoms with Gasteiger partial charge in [0, 0.05) is 7.05 Å². The highest BCUT2D eigenvalue weighted by Crippen LogP contribution is 2.35. The van der Waals surface area contributed by atoms with Gasteiger partial charge in [0.2, 0.25) is 5.88 Å². The Balaban J connectivity index is 1.07. The average molecular weight is 617 g/mol. The molecule has 1 aliphatic carbocycles. The number of hydrogen-bond acceptors (Lipinski definition) is 7. The van der Waals surface area contributed by atoms with Crippen molar-refractivity contribution >= 4 is 50.5 Å². The number of thioether (sulfide) groups is 1. The summed E-state index contributed by atoms with van der Waals surface area (Å²) in [6.45, 7) is 0.495. The second kappa shape index (κ2) is 12.2. The van der Waals surface area contributed by atoms with Crippen LogP contribution in [-0.2, 0) is 21.6 Å². The van der Waals surface area contributed by atoms with Crippen LogP contribution in [0.2, 0.25) is 0 Å². The largest absolute Gasteiger partial charge is 0.493 e. The van der Waals surface area contributed by atoms with Gasteiger partial charge in [0.05, 0.1) is 22.5 Å². The number of carbonyl (C=O) groups is 1. The minimum absolute atomic E-state index is 0.160. The van der Waals surface area contributed by atoms with Crippen molar-refractivity contribution in [2.45, 2.75) is 44.6 Å². The topological polar surface area (TPSA) is 112 Å². The van der Waals surface area contributed by atoms with Crippen LogP contribution in [0.3, 0.4) is 0 Å². The number of hydrogen-bond donors (Lipinski definition) is 2. The van der Waals surface area contributed by atoms with Crippen molar-refractivity contribution in [2.75, 3.05) is 11.4 Å². The van der Waals surface area contributed by atoms with E-state index < -0.39 is 16.1 Å². The quantitative estimate of drug-likeness (QED) is 0.291. The summed E-state index contributed by atoms with van der Waals surface area (Å²) in [6, 6.07) is 22.9. The van der Waals surface area contributed by atoms with Crippen LogP contribution >= 0.6 is 11.8 Å². The molecule has 0 atom stereocenters. The predicted octanol–water partition coefficient (Wildman–Crippen LogP) is 6.56. The van der Waals surface area contributed by atoms with Crippen molar-refractivity contribution in [1.82, 2.24) is 9.62 Å². The molecule has 2 aliphatic heterocycles. The van der Waals surface area contributed by atoms with E-state index >= 15 is 0 Å². The number of ether oxygens (including phenoxy) is 1. The highest BCUT2D eigenvalue weighted by atomic mass is 32.2. The average Bonchev–Trinajstić information content (AvgIpc) is 3.45. The summed E-state index contributed by atoms with van der Waals surface area (Å²) in [5.41, 5.74) is 4.33. The number of benzene rings is 3. The Kier molecular flexibility index (Phi) is 8.18. The number of amides is 1. The van der Waals surface area contributed by atoms with Gasteiger partial charge in [-0.2, -0.15) is 8.42 Å². The summed E-state index contributed by atoms with van der Waals surface area (Å²) in [6.07, 6.45) is 9.51. The summed E-state index contributed by atoms with van der Waals surface area (Å²) >= 11 is 1.27. The molecular formula is C32H32N4O5S2. The first kappa shape index (κ1) is 28.9. The van der Waals surface area contributed by atoms with Crippen molar-refractivity contribution in [3.8, 4) is 5.75 Å². The minimum atomic E-state index is -3.87. The van der Waals surface area contributed by atoms with Gasteiger partial charge in [0.25, 0.3) is 5.91 Å². The molecule has 3 aromatic rings. The van der Waals surface area contributed by atoms with E-state index in [1.165, 1.54) is 54.3 Å². The Labute approximate surface area is 255 Å². The van der Waals surface area contributed by atoms with Crippen molar-refractivity contribution in [2.24, 2.45) is 4.99 Å². The molecule has 3 aliphatic rings. The second-order valence-electron chi connectivity index (χ2n) is 10.7. The molecule has 0 bridgehead atoms. The molecule has 1 saturated carbocycles. The summed E-state index contributed by atoms with van der Waals surface area (Å²) in [4.78, 5) is 19.5. The number of likely N-dealkylation sites (N-methyl/N-ethyl adjacent to an activating group) is 1. The second-order valence-corrected chi connectivity index (χ2v) is 13.3. The van der Waals surface area contributed by atoms with Crippen molar-refractivity contribution in [1.29, 1.82) is 0 Å². The summed E-state index contributed by atoms with van der Waals surface area (Å²) in [5.74, 6) is 0.838. The van der Waals surface area contributed by atoms with Gasteiger partial charge in [-0.05, 0) is 89.7 Å². The van der Waals surface area contributed by atoms with Gasteiger partial charge in [0.15, 0.2) is 5.17 Å². The Morgan fingerprint density at radius 3 is 2.35 bits per heavy atom. The fourth-order valence-electron chi connectivity index (χ4n) is 5.34. The van der Waals surface area contributed by atoms with Gasteiger partial charge in [0.1, 0.15) is 12.4 Å². The lowest BCUT2D eigenvalue weighted by Crippen LogP contribution is -2.29. The van der Waals surface area contributed by atoms with Gasteiger partial charge in [-0.3, -0.25) is 9.69 Å². The van der Waals surface area contributed by atoms with Crippen molar-refractivity contribution in [3.63, 3.8) is 0 Å². The highest BCUT2D eigenvalue weighted by Gasteiger charge is 2.31. The van der Waals surface area contributed by atoms with Crippen LogP contribution in [0.1, 0.15) is 54.7 Å². The van der Waals surface area contributed by atoms with Crippen LogP contribution < -0.4 is 13.8 Å².